The number of carbonyl (C=O) groups excluding carboxylic acids is 3. The normalized spacial score (nSPS) is 23.0. The summed E-state index contributed by atoms with van der Waals surface area (Å²) < 4.78 is 2.12. The number of rotatable bonds is 4. The molecule has 3 heterocycles. The first-order valence-corrected chi connectivity index (χ1v) is 9.71. The highest BCUT2D eigenvalue weighted by Gasteiger charge is 2.39. The van der Waals surface area contributed by atoms with Crippen molar-refractivity contribution in [2.45, 2.75) is 45.2 Å². The van der Waals surface area contributed by atoms with Crippen LogP contribution in [-0.2, 0) is 23.2 Å². The highest BCUT2D eigenvalue weighted by molar-refractivity contribution is 5.97. The highest BCUT2D eigenvalue weighted by atomic mass is 16.2. The van der Waals surface area contributed by atoms with E-state index in [1.807, 2.05) is 32.2 Å². The molecule has 4 amide bonds. The Hall–Kier alpha value is -2.83. The van der Waals surface area contributed by atoms with E-state index in [1.165, 1.54) is 4.90 Å². The van der Waals surface area contributed by atoms with Crippen molar-refractivity contribution in [1.82, 2.24) is 19.7 Å². The van der Waals surface area contributed by atoms with Gasteiger partial charge in [-0.05, 0) is 44.0 Å². The fraction of sp³-hybridized carbons (Fsp3) is 0.476. The van der Waals surface area contributed by atoms with Crippen LogP contribution < -0.4 is 5.32 Å². The molecular formula is C21H26N4O3. The van der Waals surface area contributed by atoms with Crippen LogP contribution in [0.2, 0.25) is 0 Å². The third kappa shape index (κ3) is 3.25. The van der Waals surface area contributed by atoms with Crippen LogP contribution >= 0.6 is 0 Å². The third-order valence-corrected chi connectivity index (χ3v) is 5.97. The molecule has 0 bridgehead atoms. The number of imide groups is 1. The van der Waals surface area contributed by atoms with Gasteiger partial charge < -0.3 is 14.8 Å². The van der Waals surface area contributed by atoms with Crippen LogP contribution in [0.15, 0.2) is 24.3 Å². The molecule has 2 saturated heterocycles. The van der Waals surface area contributed by atoms with Crippen molar-refractivity contribution in [1.29, 1.82) is 0 Å². The second-order valence-electron chi connectivity index (χ2n) is 8.28. The fourth-order valence-electron chi connectivity index (χ4n) is 4.25. The Bertz CT molecular complexity index is 979. The number of urea groups is 1. The molecule has 1 atom stereocenters. The summed E-state index contributed by atoms with van der Waals surface area (Å²) in [5, 5.41) is 4.07. The Balaban J connectivity index is 1.52. The summed E-state index contributed by atoms with van der Waals surface area (Å²) in [5.41, 5.74) is 2.81. The average molecular weight is 382 g/mol. The van der Waals surface area contributed by atoms with Crippen LogP contribution in [0.3, 0.4) is 0 Å². The summed E-state index contributed by atoms with van der Waals surface area (Å²) in [4.78, 5) is 40.1. The molecule has 2 aliphatic heterocycles. The molecule has 148 valence electrons. The molecule has 0 spiro atoms. The van der Waals surface area contributed by atoms with Gasteiger partial charge in [0, 0.05) is 49.6 Å². The SMILES string of the molecule is Cc1cc2cc(CN3C(=O)CCN(CC4(C)CCC(=O)N4)C3=O)ccc2n1C. The number of hydrogen-bond donors (Lipinski definition) is 1. The standard InChI is InChI=1S/C21H26N4O3/c1-14-10-16-11-15(4-5-17(16)23(14)3)12-25-19(27)7-9-24(20(25)28)13-21(2)8-6-18(26)22-21/h4-5,10-11H,6-9,12-13H2,1-3H3,(H,22,26). The predicted octanol–water partition coefficient (Wildman–Crippen LogP) is 2.31. The summed E-state index contributed by atoms with van der Waals surface area (Å²) in [6, 6.07) is 7.88. The monoisotopic (exact) mass is 382 g/mol. The molecule has 4 rings (SSSR count). The number of carbonyl (C=O) groups is 3. The van der Waals surface area contributed by atoms with E-state index in [4.69, 9.17) is 0 Å². The summed E-state index contributed by atoms with van der Waals surface area (Å²) >= 11 is 0. The van der Waals surface area contributed by atoms with Gasteiger partial charge in [0.2, 0.25) is 11.8 Å². The lowest BCUT2D eigenvalue weighted by Crippen LogP contribution is -2.57. The minimum Gasteiger partial charge on any atom is -0.349 e. The molecule has 0 aliphatic carbocycles. The van der Waals surface area contributed by atoms with Crippen molar-refractivity contribution < 1.29 is 14.4 Å². The van der Waals surface area contributed by atoms with Gasteiger partial charge in [-0.15, -0.1) is 0 Å². The molecule has 1 aromatic carbocycles. The van der Waals surface area contributed by atoms with Crippen molar-refractivity contribution in [3.05, 3.63) is 35.5 Å². The Morgan fingerprint density at radius 1 is 1.14 bits per heavy atom. The molecule has 2 fully saturated rings. The van der Waals surface area contributed by atoms with Gasteiger partial charge >= 0.3 is 6.03 Å². The molecule has 1 N–H and O–H groups in total. The first-order valence-electron chi connectivity index (χ1n) is 9.71. The molecular weight excluding hydrogens is 356 g/mol. The van der Waals surface area contributed by atoms with E-state index >= 15 is 0 Å². The van der Waals surface area contributed by atoms with Crippen molar-refractivity contribution >= 4 is 28.7 Å². The van der Waals surface area contributed by atoms with Gasteiger partial charge in [-0.25, -0.2) is 4.79 Å². The maximum absolute atomic E-state index is 13.0. The number of aromatic nitrogens is 1. The van der Waals surface area contributed by atoms with Crippen LogP contribution in [0.25, 0.3) is 10.9 Å². The zero-order chi connectivity index (χ0) is 20.1. The van der Waals surface area contributed by atoms with Crippen LogP contribution in [-0.4, -0.2) is 50.8 Å². The summed E-state index contributed by atoms with van der Waals surface area (Å²) in [6.07, 6.45) is 1.49. The van der Waals surface area contributed by atoms with E-state index in [0.29, 0.717) is 32.4 Å². The topological polar surface area (TPSA) is 74.7 Å². The number of aryl methyl sites for hydroxylation is 2. The largest absolute Gasteiger partial charge is 0.349 e. The van der Waals surface area contributed by atoms with Gasteiger partial charge in [-0.2, -0.15) is 0 Å². The molecule has 7 nitrogen and oxygen atoms in total. The van der Waals surface area contributed by atoms with Crippen LogP contribution in [0.5, 0.6) is 0 Å². The summed E-state index contributed by atoms with van der Waals surface area (Å²) in [5.74, 6) is -0.127. The number of benzene rings is 1. The van der Waals surface area contributed by atoms with Gasteiger partial charge in [0.05, 0.1) is 12.1 Å². The molecule has 2 aliphatic rings. The van der Waals surface area contributed by atoms with E-state index in [1.54, 1.807) is 4.90 Å². The maximum atomic E-state index is 13.0. The first-order chi connectivity index (χ1) is 13.3. The number of fused-ring (bicyclic) bond motifs is 1. The molecule has 1 unspecified atom stereocenters. The smallest absolute Gasteiger partial charge is 0.327 e. The van der Waals surface area contributed by atoms with Gasteiger partial charge in [-0.3, -0.25) is 14.5 Å². The van der Waals surface area contributed by atoms with Gasteiger partial charge in [0.15, 0.2) is 0 Å². The number of hydrogen-bond acceptors (Lipinski definition) is 3. The first kappa shape index (κ1) is 18.5. The van der Waals surface area contributed by atoms with Gasteiger partial charge in [0.1, 0.15) is 0 Å². The zero-order valence-corrected chi connectivity index (χ0v) is 16.6. The second kappa shape index (κ2) is 6.65. The Labute approximate surface area is 164 Å². The van der Waals surface area contributed by atoms with Crippen molar-refractivity contribution in [2.75, 3.05) is 13.1 Å². The Morgan fingerprint density at radius 3 is 2.64 bits per heavy atom. The van der Waals surface area contributed by atoms with Crippen LogP contribution in [0.4, 0.5) is 4.79 Å². The third-order valence-electron chi connectivity index (χ3n) is 5.97. The molecule has 28 heavy (non-hydrogen) atoms. The summed E-state index contributed by atoms with van der Waals surface area (Å²) in [7, 11) is 2.02. The molecule has 0 radical (unpaired) electrons. The van der Waals surface area contributed by atoms with E-state index in [0.717, 1.165) is 22.2 Å². The predicted molar refractivity (Wildman–Crippen MR) is 106 cm³/mol. The number of amides is 4. The Morgan fingerprint density at radius 2 is 1.93 bits per heavy atom. The maximum Gasteiger partial charge on any atom is 0.327 e. The second-order valence-corrected chi connectivity index (χ2v) is 8.28. The number of nitrogens with zero attached hydrogens (tertiary/aromatic N) is 3. The minimum absolute atomic E-state index is 0.0198. The number of nitrogens with one attached hydrogen (secondary N) is 1. The van der Waals surface area contributed by atoms with Crippen molar-refractivity contribution in [3.63, 3.8) is 0 Å². The highest BCUT2D eigenvalue weighted by Crippen LogP contribution is 2.25. The van der Waals surface area contributed by atoms with Crippen LogP contribution in [0, 0.1) is 6.92 Å². The average Bonchev–Trinajstić information content (AvgIpc) is 3.13. The molecule has 7 heteroatoms. The molecule has 0 saturated carbocycles. The zero-order valence-electron chi connectivity index (χ0n) is 16.6. The Kier molecular flexibility index (Phi) is 4.40. The van der Waals surface area contributed by atoms with E-state index in [9.17, 15) is 14.4 Å². The van der Waals surface area contributed by atoms with Crippen molar-refractivity contribution in [3.8, 4) is 0 Å². The van der Waals surface area contributed by atoms with E-state index < -0.39 is 5.54 Å². The summed E-state index contributed by atoms with van der Waals surface area (Å²) in [6.45, 7) is 5.10. The van der Waals surface area contributed by atoms with Gasteiger partial charge in [0.25, 0.3) is 0 Å². The lowest BCUT2D eigenvalue weighted by atomic mass is 9.99. The molecule has 2 aromatic rings. The fourth-order valence-corrected chi connectivity index (χ4v) is 4.25. The minimum atomic E-state index is -0.417. The van der Waals surface area contributed by atoms with E-state index in [-0.39, 0.29) is 24.4 Å². The quantitative estimate of drug-likeness (QED) is 0.882. The van der Waals surface area contributed by atoms with Crippen LogP contribution in [0.1, 0.15) is 37.4 Å². The van der Waals surface area contributed by atoms with Crippen molar-refractivity contribution in [2.24, 2.45) is 7.05 Å². The van der Waals surface area contributed by atoms with E-state index in [2.05, 4.69) is 22.9 Å². The molecule has 1 aromatic heterocycles. The lowest BCUT2D eigenvalue weighted by molar-refractivity contribution is -0.131. The lowest BCUT2D eigenvalue weighted by Gasteiger charge is -2.38. The van der Waals surface area contributed by atoms with Gasteiger partial charge in [-0.1, -0.05) is 6.07 Å².